The van der Waals surface area contributed by atoms with Crippen LogP contribution in [0.1, 0.15) is 22.5 Å². The standard InChI is InChI=1S/C26H27N5O2S2/c27-9-4-10-29-13-15-30(16-14-29)11-5-12-31(25(32)24-8-3-17-34-24)26-28-21(19-35-26)23-18-20-6-1-2-7-22(20)33-23/h1-3,6-8,17-19H,4-5,10-16H2. The number of amides is 1. The quantitative estimate of drug-likeness (QED) is 0.312. The number of aromatic nitrogens is 1. The molecule has 0 bridgehead atoms. The van der Waals surface area contributed by atoms with Crippen molar-refractivity contribution >= 4 is 44.7 Å². The SMILES string of the molecule is N#CCCN1CCN(CCCN(C(=O)c2cccs2)c2nc(-c3cc4ccccc4o3)cs2)CC1. The van der Waals surface area contributed by atoms with Gasteiger partial charge in [0.1, 0.15) is 11.3 Å². The molecule has 4 aromatic rings. The smallest absolute Gasteiger partial charge is 0.270 e. The van der Waals surface area contributed by atoms with E-state index in [0.717, 1.165) is 67.2 Å². The summed E-state index contributed by atoms with van der Waals surface area (Å²) in [5.74, 6) is 0.707. The summed E-state index contributed by atoms with van der Waals surface area (Å²) >= 11 is 2.93. The van der Waals surface area contributed by atoms with E-state index >= 15 is 0 Å². The van der Waals surface area contributed by atoms with E-state index in [4.69, 9.17) is 14.7 Å². The summed E-state index contributed by atoms with van der Waals surface area (Å²) in [6.07, 6.45) is 1.46. The van der Waals surface area contributed by atoms with E-state index in [0.29, 0.717) is 23.9 Å². The third-order valence-electron chi connectivity index (χ3n) is 6.24. The minimum Gasteiger partial charge on any atom is -0.454 e. The predicted octanol–water partition coefficient (Wildman–Crippen LogP) is 5.19. The van der Waals surface area contributed by atoms with E-state index in [9.17, 15) is 4.79 Å². The maximum atomic E-state index is 13.4. The molecule has 1 aliphatic heterocycles. The van der Waals surface area contributed by atoms with Crippen LogP contribution in [0.25, 0.3) is 22.4 Å². The maximum Gasteiger partial charge on any atom is 0.270 e. The van der Waals surface area contributed by atoms with Gasteiger partial charge >= 0.3 is 0 Å². The van der Waals surface area contributed by atoms with Crippen LogP contribution >= 0.6 is 22.7 Å². The van der Waals surface area contributed by atoms with Crippen molar-refractivity contribution < 1.29 is 9.21 Å². The fourth-order valence-corrected chi connectivity index (χ4v) is 5.83. The van der Waals surface area contributed by atoms with Gasteiger partial charge in [0.15, 0.2) is 10.9 Å². The number of hydrogen-bond acceptors (Lipinski definition) is 8. The number of fused-ring (bicyclic) bond motifs is 1. The Morgan fingerprint density at radius 1 is 1.09 bits per heavy atom. The molecule has 1 amide bonds. The van der Waals surface area contributed by atoms with Crippen LogP contribution in [0.4, 0.5) is 5.13 Å². The Bertz CT molecular complexity index is 1270. The fraction of sp³-hybridized carbons (Fsp3) is 0.346. The van der Waals surface area contributed by atoms with Gasteiger partial charge < -0.3 is 9.32 Å². The van der Waals surface area contributed by atoms with Crippen molar-refractivity contribution in [1.82, 2.24) is 14.8 Å². The second-order valence-electron chi connectivity index (χ2n) is 8.54. The van der Waals surface area contributed by atoms with Crippen molar-refractivity contribution in [3.8, 4) is 17.5 Å². The van der Waals surface area contributed by atoms with E-state index in [1.165, 1.54) is 22.7 Å². The summed E-state index contributed by atoms with van der Waals surface area (Å²) in [6, 6.07) is 15.9. The number of nitrogens with zero attached hydrogens (tertiary/aromatic N) is 5. The highest BCUT2D eigenvalue weighted by Gasteiger charge is 2.23. The van der Waals surface area contributed by atoms with Gasteiger partial charge in [0.05, 0.1) is 10.9 Å². The average Bonchev–Trinajstić information content (AvgIpc) is 3.66. The second-order valence-corrected chi connectivity index (χ2v) is 10.3. The lowest BCUT2D eigenvalue weighted by atomic mass is 10.2. The number of carbonyl (C=O) groups excluding carboxylic acids is 1. The molecular formula is C26H27N5O2S2. The lowest BCUT2D eigenvalue weighted by Gasteiger charge is -2.34. The van der Waals surface area contributed by atoms with Crippen molar-refractivity contribution in [2.24, 2.45) is 0 Å². The van der Waals surface area contributed by atoms with Gasteiger partial charge in [-0.1, -0.05) is 24.3 Å². The van der Waals surface area contributed by atoms with Crippen molar-refractivity contribution in [2.45, 2.75) is 12.8 Å². The molecule has 0 radical (unpaired) electrons. The topological polar surface area (TPSA) is 76.6 Å². The third kappa shape index (κ3) is 5.63. The second kappa shape index (κ2) is 11.1. The average molecular weight is 506 g/mol. The number of hydrogen-bond donors (Lipinski definition) is 0. The molecule has 7 nitrogen and oxygen atoms in total. The summed E-state index contributed by atoms with van der Waals surface area (Å²) in [5.41, 5.74) is 1.58. The summed E-state index contributed by atoms with van der Waals surface area (Å²) in [5, 5.41) is 14.4. The minimum atomic E-state index is -0.00757. The highest BCUT2D eigenvalue weighted by Crippen LogP contribution is 2.32. The lowest BCUT2D eigenvalue weighted by Crippen LogP contribution is -2.47. The summed E-state index contributed by atoms with van der Waals surface area (Å²) in [7, 11) is 0. The van der Waals surface area contributed by atoms with Gasteiger partial charge in [0.25, 0.3) is 5.91 Å². The molecule has 0 saturated carbocycles. The molecule has 0 spiro atoms. The number of rotatable bonds is 9. The first-order chi connectivity index (χ1) is 17.2. The summed E-state index contributed by atoms with van der Waals surface area (Å²) in [4.78, 5) is 25.5. The number of furan rings is 1. The van der Waals surface area contributed by atoms with Gasteiger partial charge in [-0.05, 0) is 36.5 Å². The van der Waals surface area contributed by atoms with E-state index in [-0.39, 0.29) is 5.91 Å². The first-order valence-electron chi connectivity index (χ1n) is 11.8. The molecule has 5 rings (SSSR count). The fourth-order valence-electron chi connectivity index (χ4n) is 4.32. The summed E-state index contributed by atoms with van der Waals surface area (Å²) in [6.45, 7) is 6.38. The van der Waals surface area contributed by atoms with Crippen LogP contribution in [0.3, 0.4) is 0 Å². The van der Waals surface area contributed by atoms with Crippen LogP contribution in [-0.2, 0) is 0 Å². The molecule has 4 heterocycles. The number of thiophene rings is 1. The first kappa shape index (κ1) is 23.7. The largest absolute Gasteiger partial charge is 0.454 e. The molecule has 3 aromatic heterocycles. The van der Waals surface area contributed by atoms with E-state index in [2.05, 4.69) is 15.9 Å². The zero-order chi connectivity index (χ0) is 24.0. The van der Waals surface area contributed by atoms with E-state index in [1.807, 2.05) is 58.1 Å². The molecule has 1 aliphatic rings. The van der Waals surface area contributed by atoms with Gasteiger partial charge in [-0.3, -0.25) is 14.6 Å². The molecular weight excluding hydrogens is 478 g/mol. The highest BCUT2D eigenvalue weighted by molar-refractivity contribution is 7.14. The molecule has 1 saturated heterocycles. The molecule has 0 atom stereocenters. The van der Waals surface area contributed by atoms with Crippen molar-refractivity contribution in [2.75, 3.05) is 50.7 Å². The number of piperazine rings is 1. The predicted molar refractivity (Wildman–Crippen MR) is 141 cm³/mol. The molecule has 1 fully saturated rings. The van der Waals surface area contributed by atoms with Crippen LogP contribution in [0.15, 0.2) is 57.6 Å². The first-order valence-corrected chi connectivity index (χ1v) is 13.6. The van der Waals surface area contributed by atoms with Crippen molar-refractivity contribution in [3.63, 3.8) is 0 Å². The van der Waals surface area contributed by atoms with Gasteiger partial charge in [-0.2, -0.15) is 5.26 Å². The molecule has 1 aromatic carbocycles. The van der Waals surface area contributed by atoms with Crippen LogP contribution in [-0.4, -0.2) is 66.5 Å². The summed E-state index contributed by atoms with van der Waals surface area (Å²) < 4.78 is 5.99. The number of thiazole rings is 1. The Morgan fingerprint density at radius 3 is 2.63 bits per heavy atom. The molecule has 0 N–H and O–H groups in total. The highest BCUT2D eigenvalue weighted by atomic mass is 32.1. The number of para-hydroxylation sites is 1. The Kier molecular flexibility index (Phi) is 7.54. The Labute approximate surface area is 212 Å². The molecule has 9 heteroatoms. The van der Waals surface area contributed by atoms with Gasteiger partial charge in [-0.15, -0.1) is 22.7 Å². The van der Waals surface area contributed by atoms with Crippen LogP contribution in [0, 0.1) is 11.3 Å². The van der Waals surface area contributed by atoms with Gasteiger partial charge in [0, 0.05) is 56.5 Å². The molecule has 35 heavy (non-hydrogen) atoms. The Morgan fingerprint density at radius 2 is 1.89 bits per heavy atom. The number of carbonyl (C=O) groups is 1. The Balaban J connectivity index is 1.26. The van der Waals surface area contributed by atoms with Crippen molar-refractivity contribution in [1.29, 1.82) is 5.26 Å². The van der Waals surface area contributed by atoms with Crippen LogP contribution in [0.5, 0.6) is 0 Å². The monoisotopic (exact) mass is 505 g/mol. The third-order valence-corrected chi connectivity index (χ3v) is 7.96. The van der Waals surface area contributed by atoms with E-state index < -0.39 is 0 Å². The normalized spacial score (nSPS) is 14.8. The molecule has 0 aliphatic carbocycles. The zero-order valence-corrected chi connectivity index (χ0v) is 21.1. The molecule has 180 valence electrons. The number of anilines is 1. The lowest BCUT2D eigenvalue weighted by molar-refractivity contribution is 0.0986. The van der Waals surface area contributed by atoms with Crippen LogP contribution in [0.2, 0.25) is 0 Å². The maximum absolute atomic E-state index is 13.4. The number of nitriles is 1. The Hall–Kier alpha value is -3.03. The number of benzene rings is 1. The van der Waals surface area contributed by atoms with E-state index in [1.54, 1.807) is 0 Å². The minimum absolute atomic E-state index is 0.00757. The van der Waals surface area contributed by atoms with Crippen molar-refractivity contribution in [3.05, 3.63) is 58.1 Å². The van der Waals surface area contributed by atoms with Gasteiger partial charge in [0.2, 0.25) is 0 Å². The zero-order valence-electron chi connectivity index (χ0n) is 19.4. The van der Waals surface area contributed by atoms with Crippen LogP contribution < -0.4 is 4.90 Å². The molecule has 0 unspecified atom stereocenters. The van der Waals surface area contributed by atoms with Gasteiger partial charge in [-0.25, -0.2) is 4.98 Å².